The SMILES string of the molecule is CC1CC(Cc2nc(Nc3nccs3)ccc2F)(C(=O)O)CCN1Cc1ccc(Cl)s1. The average Bonchev–Trinajstić information content (AvgIpc) is 3.38. The van der Waals surface area contributed by atoms with Gasteiger partial charge < -0.3 is 10.4 Å². The zero-order chi connectivity index (χ0) is 22.0. The van der Waals surface area contributed by atoms with Crippen molar-refractivity contribution < 1.29 is 14.3 Å². The van der Waals surface area contributed by atoms with E-state index < -0.39 is 17.2 Å². The van der Waals surface area contributed by atoms with Crippen LogP contribution in [0, 0.1) is 11.2 Å². The predicted octanol–water partition coefficient (Wildman–Crippen LogP) is 5.43. The molecule has 0 bridgehead atoms. The lowest BCUT2D eigenvalue weighted by Gasteiger charge is -2.43. The van der Waals surface area contributed by atoms with E-state index in [2.05, 4.69) is 20.2 Å². The number of nitrogens with one attached hydrogen (secondary N) is 1. The second-order valence-electron chi connectivity index (χ2n) is 7.83. The van der Waals surface area contributed by atoms with E-state index in [9.17, 15) is 14.3 Å². The number of hydrogen-bond donors (Lipinski definition) is 2. The molecule has 0 saturated carbocycles. The van der Waals surface area contributed by atoms with Crippen molar-refractivity contribution in [2.45, 2.75) is 38.8 Å². The number of halogens is 2. The number of pyridine rings is 1. The van der Waals surface area contributed by atoms with Crippen LogP contribution < -0.4 is 5.32 Å². The molecule has 10 heteroatoms. The third-order valence-corrected chi connectivity index (χ3v) is 7.62. The number of anilines is 2. The Balaban J connectivity index is 1.51. The minimum Gasteiger partial charge on any atom is -0.481 e. The average molecular weight is 481 g/mol. The first-order chi connectivity index (χ1) is 14.8. The number of aromatic nitrogens is 2. The van der Waals surface area contributed by atoms with E-state index in [0.29, 0.717) is 30.3 Å². The van der Waals surface area contributed by atoms with Crippen LogP contribution in [0.5, 0.6) is 0 Å². The Morgan fingerprint density at radius 3 is 2.90 bits per heavy atom. The summed E-state index contributed by atoms with van der Waals surface area (Å²) in [6.45, 7) is 3.37. The summed E-state index contributed by atoms with van der Waals surface area (Å²) < 4.78 is 15.3. The molecule has 3 aromatic rings. The Hall–Kier alpha value is -2.07. The standard InChI is InChI=1S/C21H22ClFN4O2S2/c1-13-10-21(19(28)29,6-8-27(13)12-14-2-4-17(22)31-14)11-16-15(23)3-5-18(25-16)26-20-24-7-9-30-20/h2-5,7,9,13H,6,8,10-12H2,1H3,(H,28,29)(H,24,25,26). The first kappa shape index (κ1) is 22.1. The molecule has 4 rings (SSSR count). The molecular formula is C21H22ClFN4O2S2. The number of carbonyl (C=O) groups is 1. The summed E-state index contributed by atoms with van der Waals surface area (Å²) in [4.78, 5) is 24.3. The van der Waals surface area contributed by atoms with Crippen LogP contribution in [-0.2, 0) is 17.8 Å². The van der Waals surface area contributed by atoms with Gasteiger partial charge in [-0.15, -0.1) is 22.7 Å². The number of likely N-dealkylation sites (tertiary alicyclic amines) is 1. The van der Waals surface area contributed by atoms with E-state index in [4.69, 9.17) is 11.6 Å². The number of nitrogens with zero attached hydrogens (tertiary/aromatic N) is 3. The number of thiophene rings is 1. The van der Waals surface area contributed by atoms with Crippen molar-refractivity contribution in [3.05, 3.63) is 56.6 Å². The summed E-state index contributed by atoms with van der Waals surface area (Å²) in [5, 5.41) is 15.6. The summed E-state index contributed by atoms with van der Waals surface area (Å²) in [5.74, 6) is -0.946. The summed E-state index contributed by atoms with van der Waals surface area (Å²) in [6.07, 6.45) is 2.56. The molecule has 2 atom stereocenters. The maximum Gasteiger partial charge on any atom is 0.310 e. The van der Waals surface area contributed by atoms with Crippen LogP contribution in [-0.4, -0.2) is 38.5 Å². The Morgan fingerprint density at radius 1 is 1.42 bits per heavy atom. The van der Waals surface area contributed by atoms with Crippen LogP contribution in [0.2, 0.25) is 4.34 Å². The predicted molar refractivity (Wildman–Crippen MR) is 122 cm³/mol. The van der Waals surface area contributed by atoms with Gasteiger partial charge in [-0.1, -0.05) is 11.6 Å². The van der Waals surface area contributed by atoms with Crippen LogP contribution in [0.4, 0.5) is 15.3 Å². The van der Waals surface area contributed by atoms with Gasteiger partial charge in [-0.25, -0.2) is 14.4 Å². The Bertz CT molecular complexity index is 1060. The van der Waals surface area contributed by atoms with Crippen molar-refractivity contribution in [1.29, 1.82) is 0 Å². The largest absolute Gasteiger partial charge is 0.481 e. The van der Waals surface area contributed by atoms with Gasteiger partial charge >= 0.3 is 5.97 Å². The third-order valence-electron chi connectivity index (χ3n) is 5.72. The molecule has 1 aliphatic rings. The highest BCUT2D eigenvalue weighted by Crippen LogP contribution is 2.40. The first-order valence-electron chi connectivity index (χ1n) is 9.88. The van der Waals surface area contributed by atoms with E-state index in [1.165, 1.54) is 34.8 Å². The van der Waals surface area contributed by atoms with Crippen LogP contribution in [0.3, 0.4) is 0 Å². The molecule has 3 aromatic heterocycles. The number of piperidine rings is 1. The maximum absolute atomic E-state index is 14.6. The zero-order valence-corrected chi connectivity index (χ0v) is 19.2. The molecule has 2 N–H and O–H groups in total. The van der Waals surface area contributed by atoms with Crippen molar-refractivity contribution in [2.75, 3.05) is 11.9 Å². The molecule has 2 unspecified atom stereocenters. The lowest BCUT2D eigenvalue weighted by molar-refractivity contribution is -0.153. The van der Waals surface area contributed by atoms with Crippen molar-refractivity contribution in [3.63, 3.8) is 0 Å². The Labute approximate surface area is 192 Å². The molecule has 164 valence electrons. The molecule has 0 radical (unpaired) electrons. The fourth-order valence-corrected chi connectivity index (χ4v) is 5.72. The number of carboxylic acid groups (broad SMARTS) is 1. The van der Waals surface area contributed by atoms with Crippen molar-refractivity contribution in [1.82, 2.24) is 14.9 Å². The third kappa shape index (κ3) is 5.06. The van der Waals surface area contributed by atoms with Gasteiger partial charge in [-0.2, -0.15) is 0 Å². The molecule has 6 nitrogen and oxygen atoms in total. The second-order valence-corrected chi connectivity index (χ2v) is 10.5. The highest BCUT2D eigenvalue weighted by Gasteiger charge is 2.45. The van der Waals surface area contributed by atoms with Crippen molar-refractivity contribution in [3.8, 4) is 0 Å². The quantitative estimate of drug-likeness (QED) is 0.469. The van der Waals surface area contributed by atoms with Gasteiger partial charge in [-0.3, -0.25) is 9.69 Å². The lowest BCUT2D eigenvalue weighted by Crippen LogP contribution is -2.49. The van der Waals surface area contributed by atoms with E-state index in [1.54, 1.807) is 6.20 Å². The monoisotopic (exact) mass is 480 g/mol. The number of rotatable bonds is 7. The maximum atomic E-state index is 14.6. The number of carboxylic acids is 1. The molecular weight excluding hydrogens is 459 g/mol. The van der Waals surface area contributed by atoms with E-state index in [-0.39, 0.29) is 18.2 Å². The van der Waals surface area contributed by atoms with Crippen LogP contribution in [0.15, 0.2) is 35.8 Å². The summed E-state index contributed by atoms with van der Waals surface area (Å²) in [7, 11) is 0. The van der Waals surface area contributed by atoms with Gasteiger partial charge in [0.25, 0.3) is 0 Å². The van der Waals surface area contributed by atoms with Gasteiger partial charge in [0.05, 0.1) is 15.4 Å². The van der Waals surface area contributed by atoms with Gasteiger partial charge in [0.1, 0.15) is 11.6 Å². The smallest absolute Gasteiger partial charge is 0.310 e. The van der Waals surface area contributed by atoms with Crippen molar-refractivity contribution >= 4 is 51.2 Å². The number of aliphatic carboxylic acids is 1. The molecule has 0 amide bonds. The van der Waals surface area contributed by atoms with Gasteiger partial charge in [0.2, 0.25) is 0 Å². The second kappa shape index (κ2) is 9.20. The molecule has 1 saturated heterocycles. The normalized spacial score (nSPS) is 21.8. The number of thiazole rings is 1. The van der Waals surface area contributed by atoms with Crippen LogP contribution >= 0.6 is 34.3 Å². The summed E-state index contributed by atoms with van der Waals surface area (Å²) in [5.41, 5.74) is -0.897. The molecule has 0 aromatic carbocycles. The Kier molecular flexibility index (Phi) is 6.57. The fraction of sp³-hybridized carbons (Fsp3) is 0.381. The molecule has 31 heavy (non-hydrogen) atoms. The van der Waals surface area contributed by atoms with Gasteiger partial charge in [-0.05, 0) is 50.6 Å². The fourth-order valence-electron chi connectivity index (χ4n) is 4.07. The Morgan fingerprint density at radius 2 is 2.26 bits per heavy atom. The van der Waals surface area contributed by atoms with Gasteiger partial charge in [0.15, 0.2) is 5.13 Å². The van der Waals surface area contributed by atoms with Crippen molar-refractivity contribution in [2.24, 2.45) is 5.41 Å². The summed E-state index contributed by atoms with van der Waals surface area (Å²) in [6, 6.07) is 6.76. The first-order valence-corrected chi connectivity index (χ1v) is 12.0. The molecule has 1 fully saturated rings. The zero-order valence-electron chi connectivity index (χ0n) is 16.8. The highest BCUT2D eigenvalue weighted by atomic mass is 35.5. The number of hydrogen-bond acceptors (Lipinski definition) is 7. The highest BCUT2D eigenvalue weighted by molar-refractivity contribution is 7.16. The topological polar surface area (TPSA) is 78.3 Å². The molecule has 1 aliphatic heterocycles. The molecule has 0 aliphatic carbocycles. The molecule has 0 spiro atoms. The van der Waals surface area contributed by atoms with E-state index in [1.807, 2.05) is 24.4 Å². The minimum absolute atomic E-state index is 0.0328. The van der Waals surface area contributed by atoms with Gasteiger partial charge in [0, 0.05) is 35.5 Å². The van der Waals surface area contributed by atoms with E-state index in [0.717, 1.165) is 15.8 Å². The van der Waals surface area contributed by atoms with Crippen LogP contribution in [0.1, 0.15) is 30.3 Å². The molecule has 4 heterocycles. The summed E-state index contributed by atoms with van der Waals surface area (Å²) >= 11 is 8.98. The minimum atomic E-state index is -1.06. The van der Waals surface area contributed by atoms with E-state index >= 15 is 0 Å². The lowest BCUT2D eigenvalue weighted by atomic mass is 9.72. The van der Waals surface area contributed by atoms with Crippen LogP contribution in [0.25, 0.3) is 0 Å².